The van der Waals surface area contributed by atoms with Crippen molar-refractivity contribution in [2.75, 3.05) is 13.1 Å². The zero-order chi connectivity index (χ0) is 39.5. The maximum Gasteiger partial charge on any atom is 0.326 e. The monoisotopic (exact) mass is 752 g/mol. The number of fused-ring (bicyclic) bond motifs is 2. The van der Waals surface area contributed by atoms with Crippen LogP contribution in [0.25, 0.3) is 10.9 Å². The maximum atomic E-state index is 14.2. The number of hydrogen-bond donors (Lipinski definition) is 9. The first kappa shape index (κ1) is 41.1. The van der Waals surface area contributed by atoms with Crippen molar-refractivity contribution in [3.8, 4) is 0 Å². The van der Waals surface area contributed by atoms with Crippen molar-refractivity contribution >= 4 is 58.3 Å². The average Bonchev–Trinajstić information content (AvgIpc) is 3.77. The van der Waals surface area contributed by atoms with Crippen LogP contribution in [0.3, 0.4) is 0 Å². The second kappa shape index (κ2) is 18.9. The van der Waals surface area contributed by atoms with E-state index in [1.807, 2.05) is 24.3 Å². The number of hydrogen-bond acceptors (Lipinski definition) is 8. The summed E-state index contributed by atoms with van der Waals surface area (Å²) in [5, 5.41) is 23.9. The van der Waals surface area contributed by atoms with E-state index >= 15 is 0 Å². The number of aromatic nitrogens is 1. The number of nitrogens with zero attached hydrogens (tertiary/aromatic N) is 2. The van der Waals surface area contributed by atoms with Gasteiger partial charge in [0.1, 0.15) is 36.3 Å². The van der Waals surface area contributed by atoms with E-state index in [1.165, 1.54) is 11.8 Å². The highest BCUT2D eigenvalue weighted by Crippen LogP contribution is 2.22. The van der Waals surface area contributed by atoms with Gasteiger partial charge in [0.05, 0.1) is 0 Å². The number of para-hydroxylation sites is 1. The summed E-state index contributed by atoms with van der Waals surface area (Å²) in [6.45, 7) is 5.48. The van der Waals surface area contributed by atoms with Crippen LogP contribution in [0.15, 0.2) is 35.5 Å². The first-order valence-corrected chi connectivity index (χ1v) is 18.3. The Morgan fingerprint density at radius 1 is 0.981 bits per heavy atom. The zero-order valence-electron chi connectivity index (χ0n) is 30.9. The molecule has 3 heterocycles. The fraction of sp³-hybridized carbons (Fsp3) is 0.556. The molecule has 2 aromatic rings. The molecule has 4 rings (SSSR count). The predicted octanol–water partition coefficient (Wildman–Crippen LogP) is -0.877. The Labute approximate surface area is 313 Å². The Kier molecular flexibility index (Phi) is 14.4. The van der Waals surface area contributed by atoms with Gasteiger partial charge in [0.2, 0.25) is 35.4 Å². The van der Waals surface area contributed by atoms with Gasteiger partial charge in [0, 0.05) is 43.0 Å². The van der Waals surface area contributed by atoms with E-state index in [4.69, 9.17) is 11.5 Å². The van der Waals surface area contributed by atoms with Gasteiger partial charge in [-0.25, -0.2) is 4.79 Å². The Bertz CT molecular complexity index is 1740. The molecule has 294 valence electrons. The molecule has 2 aliphatic heterocycles. The van der Waals surface area contributed by atoms with Crippen LogP contribution in [0.4, 0.5) is 0 Å². The second-order valence-corrected chi connectivity index (χ2v) is 14.2. The third-order valence-electron chi connectivity index (χ3n) is 9.51. The number of carbonyl (C=O) groups excluding carboxylic acids is 6. The van der Waals surface area contributed by atoms with E-state index in [0.717, 1.165) is 10.9 Å². The molecule has 0 radical (unpaired) electrons. The van der Waals surface area contributed by atoms with Gasteiger partial charge in [0.25, 0.3) is 0 Å². The number of rotatable bonds is 11. The number of benzene rings is 1. The fourth-order valence-corrected chi connectivity index (χ4v) is 6.75. The SMILES string of the molecule is CC(C)C[C@H](NC(=O)[C@@H]1CCC(=O)N[C@@H](CCCN=C(N)N)C(=O)N[C@@H](C)C(=O)N2CCC[C@H]2C(=O)N[C@@H](Cc2c[nH]c3ccccc23)C(=O)N1)C(=O)O. The van der Waals surface area contributed by atoms with E-state index in [9.17, 15) is 38.7 Å². The van der Waals surface area contributed by atoms with Crippen molar-refractivity contribution in [1.29, 1.82) is 0 Å². The minimum Gasteiger partial charge on any atom is -0.480 e. The smallest absolute Gasteiger partial charge is 0.326 e. The van der Waals surface area contributed by atoms with Crippen molar-refractivity contribution in [2.45, 2.75) is 108 Å². The van der Waals surface area contributed by atoms with Gasteiger partial charge in [-0.15, -0.1) is 0 Å². The van der Waals surface area contributed by atoms with E-state index in [2.05, 4.69) is 36.6 Å². The van der Waals surface area contributed by atoms with Gasteiger partial charge in [0.15, 0.2) is 5.96 Å². The Balaban J connectivity index is 1.70. The summed E-state index contributed by atoms with van der Waals surface area (Å²) in [5.41, 5.74) is 12.3. The number of aromatic amines is 1. The lowest BCUT2D eigenvalue weighted by Crippen LogP contribution is -2.59. The minimum absolute atomic E-state index is 0.00380. The topological polar surface area (TPSA) is 283 Å². The number of aliphatic imine (C=N–C) groups is 1. The van der Waals surface area contributed by atoms with Crippen LogP contribution < -0.4 is 38.1 Å². The van der Waals surface area contributed by atoms with Gasteiger partial charge in [-0.05, 0) is 63.0 Å². The highest BCUT2D eigenvalue weighted by molar-refractivity contribution is 5.98. The third-order valence-corrected chi connectivity index (χ3v) is 9.51. The minimum atomic E-state index is -1.41. The highest BCUT2D eigenvalue weighted by Gasteiger charge is 2.39. The van der Waals surface area contributed by atoms with E-state index < -0.39 is 77.7 Å². The molecule has 18 nitrogen and oxygen atoms in total. The van der Waals surface area contributed by atoms with Crippen LogP contribution in [0.2, 0.25) is 0 Å². The highest BCUT2D eigenvalue weighted by atomic mass is 16.4. The summed E-state index contributed by atoms with van der Waals surface area (Å²) < 4.78 is 0. The number of nitrogens with two attached hydrogens (primary N) is 2. The Morgan fingerprint density at radius 3 is 2.41 bits per heavy atom. The lowest BCUT2D eigenvalue weighted by atomic mass is 10.0. The standard InChI is InChI=1S/C36H52N10O8/c1-19(2)16-27(35(53)54)45-31(49)25-12-13-29(47)42-24(10-6-14-39-36(37)38)30(48)41-20(3)34(52)46-15-7-11-28(46)33(51)44-26(32(50)43-25)17-21-18-40-23-9-5-4-8-22(21)23/h4-5,8-9,18-20,24-28,40H,6-7,10-17H2,1-3H3,(H,41,48)(H,42,47)(H,43,50)(H,44,51)(H,45,49)(H,53,54)(H4,37,38,39)/t20-,24-,25-,26-,27-,28-/m0/s1. The summed E-state index contributed by atoms with van der Waals surface area (Å²) in [4.78, 5) is 103. The molecule has 0 unspecified atom stereocenters. The summed E-state index contributed by atoms with van der Waals surface area (Å²) >= 11 is 0. The van der Waals surface area contributed by atoms with Crippen LogP contribution in [0, 0.1) is 5.92 Å². The molecule has 6 atom stereocenters. The molecule has 11 N–H and O–H groups in total. The van der Waals surface area contributed by atoms with Crippen molar-refractivity contribution in [3.63, 3.8) is 0 Å². The molecule has 1 aromatic carbocycles. The zero-order valence-corrected chi connectivity index (χ0v) is 30.9. The first-order valence-electron chi connectivity index (χ1n) is 18.3. The predicted molar refractivity (Wildman–Crippen MR) is 198 cm³/mol. The van der Waals surface area contributed by atoms with Crippen LogP contribution in [-0.2, 0) is 40.0 Å². The van der Waals surface area contributed by atoms with Crippen LogP contribution in [0.5, 0.6) is 0 Å². The van der Waals surface area contributed by atoms with Crippen molar-refractivity contribution in [3.05, 3.63) is 36.0 Å². The third kappa shape index (κ3) is 11.2. The largest absolute Gasteiger partial charge is 0.480 e. The fourth-order valence-electron chi connectivity index (χ4n) is 6.75. The lowest BCUT2D eigenvalue weighted by molar-refractivity contribution is -0.143. The summed E-state index contributed by atoms with van der Waals surface area (Å²) in [7, 11) is 0. The Morgan fingerprint density at radius 2 is 1.70 bits per heavy atom. The van der Waals surface area contributed by atoms with Crippen molar-refractivity contribution < 1.29 is 38.7 Å². The molecule has 54 heavy (non-hydrogen) atoms. The molecule has 0 spiro atoms. The van der Waals surface area contributed by atoms with E-state index in [-0.39, 0.29) is 63.5 Å². The molecule has 1 aromatic heterocycles. The van der Waals surface area contributed by atoms with Crippen LogP contribution in [-0.4, -0.2) is 112 Å². The summed E-state index contributed by atoms with van der Waals surface area (Å²) in [6.07, 6.45) is 2.36. The molecular weight excluding hydrogens is 700 g/mol. The normalized spacial score (nSPS) is 23.7. The number of nitrogens with one attached hydrogen (secondary N) is 6. The quantitative estimate of drug-likeness (QED) is 0.0777. The first-order chi connectivity index (χ1) is 25.6. The molecule has 2 fully saturated rings. The van der Waals surface area contributed by atoms with Gasteiger partial charge in [-0.1, -0.05) is 32.0 Å². The van der Waals surface area contributed by atoms with E-state index in [1.54, 1.807) is 20.0 Å². The number of aliphatic carboxylic acids is 1. The average molecular weight is 753 g/mol. The number of carbonyl (C=O) groups is 7. The molecule has 6 amide bonds. The van der Waals surface area contributed by atoms with Gasteiger partial charge >= 0.3 is 5.97 Å². The number of carboxylic acids is 1. The lowest BCUT2D eigenvalue weighted by Gasteiger charge is -2.29. The number of amides is 6. The van der Waals surface area contributed by atoms with Gasteiger partial charge in [-0.3, -0.25) is 33.8 Å². The molecule has 0 saturated carbocycles. The van der Waals surface area contributed by atoms with Crippen LogP contribution >= 0.6 is 0 Å². The van der Waals surface area contributed by atoms with Crippen molar-refractivity contribution in [1.82, 2.24) is 36.5 Å². The molecule has 2 saturated heterocycles. The molecular formula is C36H52N10O8. The summed E-state index contributed by atoms with van der Waals surface area (Å²) in [5.74, 6) is -5.51. The second-order valence-electron chi connectivity index (χ2n) is 14.2. The van der Waals surface area contributed by atoms with Gasteiger partial charge in [-0.2, -0.15) is 0 Å². The van der Waals surface area contributed by atoms with Crippen LogP contribution in [0.1, 0.15) is 71.3 Å². The number of carboxylic acid groups (broad SMARTS) is 1. The molecule has 2 aliphatic rings. The van der Waals surface area contributed by atoms with Crippen molar-refractivity contribution in [2.24, 2.45) is 22.4 Å². The maximum absolute atomic E-state index is 14.2. The van der Waals surface area contributed by atoms with Gasteiger partial charge < -0.3 is 53.0 Å². The number of H-pyrrole nitrogens is 1. The Hall–Kier alpha value is -5.68. The molecule has 0 aliphatic carbocycles. The molecule has 0 bridgehead atoms. The number of guanidine groups is 1. The molecule has 18 heteroatoms. The van der Waals surface area contributed by atoms with E-state index in [0.29, 0.717) is 18.4 Å². The summed E-state index contributed by atoms with van der Waals surface area (Å²) in [6, 6.07) is 0.322.